The smallest absolute Gasteiger partial charge is 0.200 e. The molecule has 0 saturated heterocycles. The van der Waals surface area contributed by atoms with Crippen molar-refractivity contribution in [2.24, 2.45) is 0 Å². The maximum Gasteiger partial charge on any atom is 0.200 e. The van der Waals surface area contributed by atoms with E-state index >= 15 is 0 Å². The van der Waals surface area contributed by atoms with Crippen LogP contribution in [0.3, 0.4) is 0 Å². The normalized spacial score (nSPS) is 10.7. The Hall–Kier alpha value is -2.56. The first-order valence-corrected chi connectivity index (χ1v) is 6.32. The molecule has 0 atom stereocenters. The van der Waals surface area contributed by atoms with Gasteiger partial charge in [0, 0.05) is 6.42 Å². The third-order valence-corrected chi connectivity index (χ3v) is 3.17. The lowest BCUT2D eigenvalue weighted by atomic mass is 10.1. The average molecular weight is 269 g/mol. The van der Waals surface area contributed by atoms with Gasteiger partial charge in [0.25, 0.3) is 0 Å². The summed E-state index contributed by atoms with van der Waals surface area (Å²) in [6.07, 6.45) is 0.665. The molecule has 0 bridgehead atoms. The summed E-state index contributed by atoms with van der Waals surface area (Å²) in [4.78, 5) is 0. The van der Waals surface area contributed by atoms with Crippen molar-refractivity contribution in [3.05, 3.63) is 53.9 Å². The van der Waals surface area contributed by atoms with Crippen LogP contribution in [0.15, 0.2) is 42.5 Å². The molecule has 0 aliphatic heterocycles. The molecule has 0 spiro atoms. The molecule has 5 nitrogen and oxygen atoms in total. The number of pyridine rings is 1. The number of methoxy groups -OCH3 is 2. The third-order valence-electron chi connectivity index (χ3n) is 3.17. The molecule has 0 saturated carbocycles. The van der Waals surface area contributed by atoms with Crippen molar-refractivity contribution in [1.29, 1.82) is 0 Å². The van der Waals surface area contributed by atoms with E-state index in [2.05, 4.69) is 10.2 Å². The number of aromatic nitrogens is 3. The first-order valence-electron chi connectivity index (χ1n) is 6.32. The summed E-state index contributed by atoms with van der Waals surface area (Å²) in [7, 11) is 3.30. The molecule has 3 aromatic rings. The van der Waals surface area contributed by atoms with E-state index < -0.39 is 0 Å². The zero-order valence-electron chi connectivity index (χ0n) is 11.4. The lowest BCUT2D eigenvalue weighted by Crippen LogP contribution is -2.00. The maximum atomic E-state index is 5.37. The molecule has 0 radical (unpaired) electrons. The van der Waals surface area contributed by atoms with Gasteiger partial charge in [-0.15, -0.1) is 10.2 Å². The molecule has 5 heteroatoms. The van der Waals surface area contributed by atoms with Gasteiger partial charge in [0.05, 0.1) is 14.2 Å². The van der Waals surface area contributed by atoms with E-state index in [4.69, 9.17) is 9.47 Å². The molecule has 0 N–H and O–H groups in total. The molecule has 1 aromatic carbocycles. The summed E-state index contributed by atoms with van der Waals surface area (Å²) in [6, 6.07) is 13.6. The largest absolute Gasteiger partial charge is 0.497 e. The summed E-state index contributed by atoms with van der Waals surface area (Å²) < 4.78 is 12.5. The van der Waals surface area contributed by atoms with Crippen molar-refractivity contribution in [3.63, 3.8) is 0 Å². The Balaban J connectivity index is 2.02. The minimum atomic E-state index is 0.665. The maximum absolute atomic E-state index is 5.37. The van der Waals surface area contributed by atoms with Gasteiger partial charge in [0.2, 0.25) is 5.88 Å². The topological polar surface area (TPSA) is 48.7 Å². The molecule has 102 valence electrons. The number of rotatable bonds is 4. The third kappa shape index (κ3) is 2.18. The number of hydrogen-bond donors (Lipinski definition) is 0. The lowest BCUT2D eigenvalue weighted by Gasteiger charge is -2.07. The van der Waals surface area contributed by atoms with Crippen molar-refractivity contribution < 1.29 is 9.47 Å². The van der Waals surface area contributed by atoms with E-state index in [-0.39, 0.29) is 0 Å². The Kier molecular flexibility index (Phi) is 3.25. The van der Waals surface area contributed by atoms with Crippen molar-refractivity contribution in [2.45, 2.75) is 6.42 Å². The molecule has 3 rings (SSSR count). The zero-order valence-corrected chi connectivity index (χ0v) is 11.4. The van der Waals surface area contributed by atoms with Crippen LogP contribution in [0.25, 0.3) is 5.65 Å². The predicted octanol–water partition coefficient (Wildman–Crippen LogP) is 2.34. The van der Waals surface area contributed by atoms with Crippen LogP contribution < -0.4 is 9.47 Å². The van der Waals surface area contributed by atoms with E-state index in [1.807, 2.05) is 46.9 Å². The fraction of sp³-hybridized carbons (Fsp3) is 0.200. The summed E-state index contributed by atoms with van der Waals surface area (Å²) >= 11 is 0. The van der Waals surface area contributed by atoms with E-state index in [0.717, 1.165) is 28.7 Å². The van der Waals surface area contributed by atoms with E-state index in [1.165, 1.54) is 0 Å². The van der Waals surface area contributed by atoms with Gasteiger partial charge in [-0.2, -0.15) is 0 Å². The van der Waals surface area contributed by atoms with Gasteiger partial charge >= 0.3 is 0 Å². The molecule has 2 aromatic heterocycles. The van der Waals surface area contributed by atoms with Crippen LogP contribution >= 0.6 is 0 Å². The van der Waals surface area contributed by atoms with Crippen molar-refractivity contribution in [2.75, 3.05) is 14.2 Å². The number of ether oxygens (including phenoxy) is 2. The van der Waals surface area contributed by atoms with Gasteiger partial charge in [0.1, 0.15) is 11.6 Å². The molecule has 0 unspecified atom stereocenters. The van der Waals surface area contributed by atoms with Gasteiger partial charge in [-0.3, -0.25) is 0 Å². The molecule has 0 fully saturated rings. The van der Waals surface area contributed by atoms with Gasteiger partial charge in [-0.25, -0.2) is 4.40 Å². The van der Waals surface area contributed by atoms with Crippen LogP contribution in [0, 0.1) is 0 Å². The van der Waals surface area contributed by atoms with Crippen molar-refractivity contribution in [3.8, 4) is 11.6 Å². The van der Waals surface area contributed by atoms with Gasteiger partial charge < -0.3 is 9.47 Å². The summed E-state index contributed by atoms with van der Waals surface area (Å²) in [5.41, 5.74) is 1.90. The minimum absolute atomic E-state index is 0.665. The number of nitrogens with zero attached hydrogens (tertiary/aromatic N) is 3. The first-order chi connectivity index (χ1) is 9.81. The van der Waals surface area contributed by atoms with Crippen LogP contribution in [0.2, 0.25) is 0 Å². The highest BCUT2D eigenvalue weighted by atomic mass is 16.5. The molecular formula is C15H15N3O2. The molecular weight excluding hydrogens is 254 g/mol. The van der Waals surface area contributed by atoms with Crippen LogP contribution in [0.5, 0.6) is 11.6 Å². The standard InChI is InChI=1S/C15H15N3O2/c1-19-12-6-3-5-11(9-12)10-14-17-16-13-7-4-8-15(20-2)18(13)14/h3-9H,10H2,1-2H3. The van der Waals surface area contributed by atoms with Crippen LogP contribution in [-0.4, -0.2) is 28.8 Å². The second kappa shape index (κ2) is 5.21. The van der Waals surface area contributed by atoms with E-state index in [9.17, 15) is 0 Å². The zero-order chi connectivity index (χ0) is 13.9. The molecule has 2 heterocycles. The van der Waals surface area contributed by atoms with E-state index in [1.54, 1.807) is 14.2 Å². The van der Waals surface area contributed by atoms with Gasteiger partial charge in [-0.05, 0) is 29.8 Å². The summed E-state index contributed by atoms with van der Waals surface area (Å²) in [5.74, 6) is 2.40. The highest BCUT2D eigenvalue weighted by Crippen LogP contribution is 2.19. The van der Waals surface area contributed by atoms with Crippen LogP contribution in [0.4, 0.5) is 0 Å². The highest BCUT2D eigenvalue weighted by Gasteiger charge is 2.10. The first kappa shape index (κ1) is 12.5. The summed E-state index contributed by atoms with van der Waals surface area (Å²) in [5, 5.41) is 8.41. The fourth-order valence-corrected chi connectivity index (χ4v) is 2.21. The Morgan fingerprint density at radius 3 is 2.65 bits per heavy atom. The monoisotopic (exact) mass is 269 g/mol. The average Bonchev–Trinajstić information content (AvgIpc) is 2.90. The number of fused-ring (bicyclic) bond motifs is 1. The molecule has 0 amide bonds. The van der Waals surface area contributed by atoms with Gasteiger partial charge in [0.15, 0.2) is 5.65 Å². The number of benzene rings is 1. The molecule has 0 aliphatic rings. The Bertz CT molecular complexity index is 737. The van der Waals surface area contributed by atoms with Crippen molar-refractivity contribution >= 4 is 5.65 Å². The molecule has 20 heavy (non-hydrogen) atoms. The predicted molar refractivity (Wildman–Crippen MR) is 75.3 cm³/mol. The SMILES string of the molecule is COc1cccc(Cc2nnc3cccc(OC)n23)c1. The second-order valence-electron chi connectivity index (χ2n) is 4.41. The van der Waals surface area contributed by atoms with Crippen LogP contribution in [-0.2, 0) is 6.42 Å². The fourth-order valence-electron chi connectivity index (χ4n) is 2.21. The lowest BCUT2D eigenvalue weighted by molar-refractivity contribution is 0.390. The van der Waals surface area contributed by atoms with Gasteiger partial charge in [-0.1, -0.05) is 18.2 Å². The number of hydrogen-bond acceptors (Lipinski definition) is 4. The van der Waals surface area contributed by atoms with Crippen LogP contribution in [0.1, 0.15) is 11.4 Å². The minimum Gasteiger partial charge on any atom is -0.497 e. The highest BCUT2D eigenvalue weighted by molar-refractivity contribution is 5.43. The Morgan fingerprint density at radius 2 is 1.85 bits per heavy atom. The summed E-state index contributed by atoms with van der Waals surface area (Å²) in [6.45, 7) is 0. The quantitative estimate of drug-likeness (QED) is 0.729. The Labute approximate surface area is 116 Å². The second-order valence-corrected chi connectivity index (χ2v) is 4.41. The van der Waals surface area contributed by atoms with Crippen molar-refractivity contribution in [1.82, 2.24) is 14.6 Å². The van der Waals surface area contributed by atoms with E-state index in [0.29, 0.717) is 6.42 Å². The Morgan fingerprint density at radius 1 is 1.00 bits per heavy atom. The molecule has 0 aliphatic carbocycles.